The molecule has 21 heavy (non-hydrogen) atoms. The predicted octanol–water partition coefficient (Wildman–Crippen LogP) is -0.156. The quantitative estimate of drug-likeness (QED) is 0.713. The number of hydrogen-bond acceptors (Lipinski definition) is 5. The molecule has 1 heterocycles. The van der Waals surface area contributed by atoms with E-state index in [-0.39, 0.29) is 28.9 Å². The Balaban J connectivity index is 2.20. The minimum absolute atomic E-state index is 0.0241. The normalized spacial score (nSPS) is 16.0. The molecular formula is C11H16N2O6S2. The minimum Gasteiger partial charge on any atom is -0.477 e. The molecule has 118 valence electrons. The van der Waals surface area contributed by atoms with Crippen molar-refractivity contribution in [3.8, 4) is 0 Å². The van der Waals surface area contributed by atoms with Crippen LogP contribution in [0.25, 0.3) is 0 Å². The van der Waals surface area contributed by atoms with Gasteiger partial charge in [-0.3, -0.25) is 0 Å². The van der Waals surface area contributed by atoms with E-state index in [1.54, 1.807) is 0 Å². The van der Waals surface area contributed by atoms with Crippen LogP contribution in [0.2, 0.25) is 0 Å². The summed E-state index contributed by atoms with van der Waals surface area (Å²) >= 11 is 0. The van der Waals surface area contributed by atoms with E-state index >= 15 is 0 Å². The van der Waals surface area contributed by atoms with Crippen molar-refractivity contribution in [3.05, 3.63) is 18.0 Å². The third-order valence-corrected chi connectivity index (χ3v) is 5.43. The van der Waals surface area contributed by atoms with Gasteiger partial charge in [0.15, 0.2) is 0 Å². The Morgan fingerprint density at radius 2 is 2.00 bits per heavy atom. The summed E-state index contributed by atoms with van der Waals surface area (Å²) < 4.78 is 49.6. The van der Waals surface area contributed by atoms with Crippen molar-refractivity contribution in [2.45, 2.75) is 23.8 Å². The number of nitrogens with one attached hydrogen (secondary N) is 1. The number of nitrogens with zero attached hydrogens (tertiary/aromatic N) is 1. The van der Waals surface area contributed by atoms with Gasteiger partial charge in [0.1, 0.15) is 20.4 Å². The lowest BCUT2D eigenvalue weighted by Crippen LogP contribution is -2.28. The smallest absolute Gasteiger partial charge is 0.352 e. The molecule has 1 aliphatic rings. The molecule has 2 rings (SSSR count). The Hall–Kier alpha value is -1.39. The molecule has 0 radical (unpaired) electrons. The van der Waals surface area contributed by atoms with Crippen LogP contribution in [0.1, 0.15) is 29.4 Å². The second kappa shape index (κ2) is 5.43. The number of sulfone groups is 1. The highest BCUT2D eigenvalue weighted by atomic mass is 32.2. The first kappa shape index (κ1) is 16.0. The summed E-state index contributed by atoms with van der Waals surface area (Å²) in [6.45, 7) is -0.252. The number of carbonyl (C=O) groups is 1. The van der Waals surface area contributed by atoms with Crippen molar-refractivity contribution in [3.63, 3.8) is 0 Å². The van der Waals surface area contributed by atoms with E-state index in [1.165, 1.54) is 10.8 Å². The van der Waals surface area contributed by atoms with Crippen LogP contribution in [0, 0.1) is 0 Å². The van der Waals surface area contributed by atoms with E-state index in [4.69, 9.17) is 5.11 Å². The molecule has 1 fully saturated rings. The van der Waals surface area contributed by atoms with Gasteiger partial charge in [0.05, 0.1) is 5.75 Å². The molecule has 10 heteroatoms. The predicted molar refractivity (Wildman–Crippen MR) is 74.6 cm³/mol. The Morgan fingerprint density at radius 1 is 1.38 bits per heavy atom. The highest BCUT2D eigenvalue weighted by Crippen LogP contribution is 2.37. The standard InChI is InChI=1S/C11H16N2O6S2/c1-20(16,17)5-4-12-21(18,19)9-6-10(11(14)15)13(7-9)8-2-3-8/h6-8,12H,2-5H2,1H3,(H,14,15). The second-order valence-corrected chi connectivity index (χ2v) is 9.06. The lowest BCUT2D eigenvalue weighted by Gasteiger charge is -2.04. The summed E-state index contributed by atoms with van der Waals surface area (Å²) in [4.78, 5) is 11.0. The summed E-state index contributed by atoms with van der Waals surface area (Å²) in [5.74, 6) is -1.51. The molecule has 0 atom stereocenters. The van der Waals surface area contributed by atoms with Crippen LogP contribution in [0.5, 0.6) is 0 Å². The molecule has 0 aromatic carbocycles. The number of carboxylic acids is 1. The fourth-order valence-corrected chi connectivity index (χ4v) is 3.53. The number of hydrogen-bond donors (Lipinski definition) is 2. The summed E-state index contributed by atoms with van der Waals surface area (Å²) in [5.41, 5.74) is -0.0824. The van der Waals surface area contributed by atoms with Crippen LogP contribution in [0.3, 0.4) is 0 Å². The fourth-order valence-electron chi connectivity index (χ4n) is 1.87. The number of aromatic carboxylic acids is 1. The van der Waals surface area contributed by atoms with E-state index in [0.29, 0.717) is 0 Å². The Kier molecular flexibility index (Phi) is 4.13. The summed E-state index contributed by atoms with van der Waals surface area (Å²) in [6, 6.07) is 1.11. The van der Waals surface area contributed by atoms with Crippen molar-refractivity contribution in [1.29, 1.82) is 0 Å². The van der Waals surface area contributed by atoms with Crippen LogP contribution >= 0.6 is 0 Å². The zero-order valence-electron chi connectivity index (χ0n) is 11.3. The van der Waals surface area contributed by atoms with Gasteiger partial charge in [0.25, 0.3) is 0 Å². The van der Waals surface area contributed by atoms with Crippen molar-refractivity contribution in [2.75, 3.05) is 18.6 Å². The molecule has 8 nitrogen and oxygen atoms in total. The fraction of sp³-hybridized carbons (Fsp3) is 0.545. The van der Waals surface area contributed by atoms with Gasteiger partial charge in [0.2, 0.25) is 10.0 Å². The average Bonchev–Trinajstić information content (AvgIpc) is 3.05. The molecule has 0 aliphatic heterocycles. The third kappa shape index (κ3) is 4.05. The molecule has 0 amide bonds. The molecule has 1 aromatic heterocycles. The van der Waals surface area contributed by atoms with Crippen LogP contribution < -0.4 is 4.72 Å². The maximum atomic E-state index is 12.0. The molecule has 0 spiro atoms. The number of sulfonamides is 1. The monoisotopic (exact) mass is 336 g/mol. The zero-order chi connectivity index (χ0) is 15.8. The Morgan fingerprint density at radius 3 is 2.48 bits per heavy atom. The molecule has 1 saturated carbocycles. The van der Waals surface area contributed by atoms with E-state index in [9.17, 15) is 21.6 Å². The summed E-state index contributed by atoms with van der Waals surface area (Å²) in [5, 5.41) is 9.09. The van der Waals surface area contributed by atoms with Crippen molar-refractivity contribution >= 4 is 25.8 Å². The van der Waals surface area contributed by atoms with Crippen molar-refractivity contribution < 1.29 is 26.7 Å². The van der Waals surface area contributed by atoms with Gasteiger partial charge >= 0.3 is 5.97 Å². The third-order valence-electron chi connectivity index (χ3n) is 3.06. The summed E-state index contributed by atoms with van der Waals surface area (Å²) in [6.07, 6.45) is 3.92. The van der Waals surface area contributed by atoms with Crippen molar-refractivity contribution in [1.82, 2.24) is 9.29 Å². The lowest BCUT2D eigenvalue weighted by atomic mass is 10.4. The minimum atomic E-state index is -3.92. The van der Waals surface area contributed by atoms with Gasteiger partial charge in [0, 0.05) is 25.0 Å². The molecule has 2 N–H and O–H groups in total. The van der Waals surface area contributed by atoms with Crippen LogP contribution in [-0.4, -0.2) is 51.0 Å². The maximum absolute atomic E-state index is 12.0. The molecule has 1 aliphatic carbocycles. The Labute approximate surface area is 122 Å². The van der Waals surface area contributed by atoms with E-state index in [1.807, 2.05) is 0 Å². The maximum Gasteiger partial charge on any atom is 0.352 e. The highest BCUT2D eigenvalue weighted by Gasteiger charge is 2.30. The topological polar surface area (TPSA) is 123 Å². The van der Waals surface area contributed by atoms with Gasteiger partial charge in [-0.1, -0.05) is 0 Å². The van der Waals surface area contributed by atoms with Crippen LogP contribution in [0.4, 0.5) is 0 Å². The van der Waals surface area contributed by atoms with Crippen LogP contribution in [0.15, 0.2) is 17.2 Å². The SMILES string of the molecule is CS(=O)(=O)CCNS(=O)(=O)c1cc(C(=O)O)n(C2CC2)c1. The molecular weight excluding hydrogens is 320 g/mol. The van der Waals surface area contributed by atoms with Gasteiger partial charge in [-0.05, 0) is 18.9 Å². The summed E-state index contributed by atoms with van der Waals surface area (Å²) in [7, 11) is -7.20. The number of rotatable bonds is 7. The number of aromatic nitrogens is 1. The van der Waals surface area contributed by atoms with Gasteiger partial charge in [-0.15, -0.1) is 0 Å². The second-order valence-electron chi connectivity index (χ2n) is 5.03. The first-order valence-electron chi connectivity index (χ1n) is 6.23. The lowest BCUT2D eigenvalue weighted by molar-refractivity contribution is 0.0685. The molecule has 0 bridgehead atoms. The van der Waals surface area contributed by atoms with E-state index < -0.39 is 25.8 Å². The van der Waals surface area contributed by atoms with Crippen molar-refractivity contribution in [2.24, 2.45) is 0 Å². The molecule has 1 aromatic rings. The van der Waals surface area contributed by atoms with E-state index in [2.05, 4.69) is 4.72 Å². The first-order valence-corrected chi connectivity index (χ1v) is 9.77. The number of carboxylic acid groups (broad SMARTS) is 1. The highest BCUT2D eigenvalue weighted by molar-refractivity contribution is 7.91. The van der Waals surface area contributed by atoms with Gasteiger partial charge in [-0.2, -0.15) is 0 Å². The van der Waals surface area contributed by atoms with Gasteiger partial charge < -0.3 is 9.67 Å². The first-order chi connectivity index (χ1) is 9.60. The van der Waals surface area contributed by atoms with E-state index in [0.717, 1.165) is 25.2 Å². The van der Waals surface area contributed by atoms with Crippen LogP contribution in [-0.2, 0) is 19.9 Å². The Bertz CT molecular complexity index is 759. The average molecular weight is 336 g/mol. The van der Waals surface area contributed by atoms with Gasteiger partial charge in [-0.25, -0.2) is 26.4 Å². The largest absolute Gasteiger partial charge is 0.477 e. The molecule has 0 saturated heterocycles. The molecule has 0 unspecified atom stereocenters. The zero-order valence-corrected chi connectivity index (χ0v) is 12.9.